The fraction of sp³-hybridized carbons (Fsp3) is 0.870. The minimum atomic E-state index is 0.890. The first kappa shape index (κ1) is 22.3. The molecule has 25 heavy (non-hydrogen) atoms. The summed E-state index contributed by atoms with van der Waals surface area (Å²) in [5, 5.41) is 0. The molecule has 0 aliphatic heterocycles. The number of nitrogens with zero attached hydrogens (tertiary/aromatic N) is 1. The number of aromatic amines is 1. The zero-order valence-electron chi connectivity index (χ0n) is 17.5. The number of aromatic nitrogens is 2. The number of H-pyrrole nitrogens is 1. The second-order valence-electron chi connectivity index (χ2n) is 8.22. The number of rotatable bonds is 17. The van der Waals surface area contributed by atoms with E-state index in [1.165, 1.54) is 102 Å². The molecule has 0 bridgehead atoms. The molecular formula is C23H45N2+. The first-order chi connectivity index (χ1) is 12.2. The highest BCUT2D eigenvalue weighted by Crippen LogP contribution is 2.14. The molecule has 2 heteroatoms. The summed E-state index contributed by atoms with van der Waals surface area (Å²) in [6.07, 6.45) is 25.6. The van der Waals surface area contributed by atoms with Gasteiger partial charge in [-0.3, -0.25) is 0 Å². The Morgan fingerprint density at radius 3 is 1.72 bits per heavy atom. The molecule has 0 unspecified atom stereocenters. The SMILES string of the molecule is CC[n+]1cc[nH]c1CCCCCCCCCCCCCCCC(C)C. The van der Waals surface area contributed by atoms with Crippen LogP contribution in [0.1, 0.15) is 116 Å². The third-order valence-corrected chi connectivity index (χ3v) is 5.39. The number of imidazole rings is 1. The van der Waals surface area contributed by atoms with Gasteiger partial charge in [0.2, 0.25) is 0 Å². The number of hydrogen-bond acceptors (Lipinski definition) is 0. The van der Waals surface area contributed by atoms with Gasteiger partial charge in [-0.15, -0.1) is 0 Å². The molecule has 0 aliphatic carbocycles. The average molecular weight is 350 g/mol. The van der Waals surface area contributed by atoms with Crippen LogP contribution in [0.2, 0.25) is 0 Å². The molecule has 1 rings (SSSR count). The van der Waals surface area contributed by atoms with Gasteiger partial charge in [0.25, 0.3) is 5.82 Å². The van der Waals surface area contributed by atoms with Crippen molar-refractivity contribution in [2.75, 3.05) is 0 Å². The van der Waals surface area contributed by atoms with Gasteiger partial charge in [-0.1, -0.05) is 97.3 Å². The highest BCUT2D eigenvalue weighted by molar-refractivity contribution is 4.77. The van der Waals surface area contributed by atoms with Gasteiger partial charge >= 0.3 is 0 Å². The van der Waals surface area contributed by atoms with Crippen LogP contribution in [0.15, 0.2) is 12.4 Å². The maximum Gasteiger partial charge on any atom is 0.254 e. The number of nitrogens with one attached hydrogen (secondary N) is 1. The minimum absolute atomic E-state index is 0.890. The number of aryl methyl sites for hydroxylation is 2. The van der Waals surface area contributed by atoms with Crippen LogP contribution < -0.4 is 4.57 Å². The first-order valence-corrected chi connectivity index (χ1v) is 11.3. The largest absolute Gasteiger partial charge is 0.254 e. The smallest absolute Gasteiger partial charge is 0.248 e. The van der Waals surface area contributed by atoms with Crippen LogP contribution in [0.25, 0.3) is 0 Å². The maximum atomic E-state index is 3.37. The van der Waals surface area contributed by atoms with Crippen LogP contribution in [-0.4, -0.2) is 4.98 Å². The summed E-state index contributed by atoms with van der Waals surface area (Å²) in [6.45, 7) is 7.97. The van der Waals surface area contributed by atoms with E-state index in [4.69, 9.17) is 0 Å². The van der Waals surface area contributed by atoms with Gasteiger partial charge in [0.05, 0.1) is 6.54 Å². The van der Waals surface area contributed by atoms with Gasteiger partial charge in [0, 0.05) is 6.42 Å². The Hall–Kier alpha value is -0.790. The van der Waals surface area contributed by atoms with E-state index in [2.05, 4.69) is 42.7 Å². The van der Waals surface area contributed by atoms with E-state index in [9.17, 15) is 0 Å². The molecule has 0 amide bonds. The van der Waals surface area contributed by atoms with Crippen molar-refractivity contribution < 1.29 is 4.57 Å². The Balaban J connectivity index is 1.76. The van der Waals surface area contributed by atoms with E-state index in [-0.39, 0.29) is 0 Å². The Kier molecular flexibility index (Phi) is 13.8. The van der Waals surface area contributed by atoms with Gasteiger partial charge in [-0.05, 0) is 19.3 Å². The van der Waals surface area contributed by atoms with Gasteiger partial charge in [0.15, 0.2) is 0 Å². The molecule has 0 atom stereocenters. The van der Waals surface area contributed by atoms with Crippen molar-refractivity contribution in [2.45, 2.75) is 124 Å². The average Bonchev–Trinajstić information content (AvgIpc) is 3.05. The van der Waals surface area contributed by atoms with Crippen molar-refractivity contribution >= 4 is 0 Å². The molecule has 1 N–H and O–H groups in total. The van der Waals surface area contributed by atoms with Gasteiger partial charge in [0.1, 0.15) is 12.4 Å². The normalized spacial score (nSPS) is 11.5. The van der Waals surface area contributed by atoms with Crippen molar-refractivity contribution in [2.24, 2.45) is 5.92 Å². The van der Waals surface area contributed by atoms with E-state index >= 15 is 0 Å². The molecular weight excluding hydrogens is 304 g/mol. The van der Waals surface area contributed by atoms with Crippen LogP contribution in [0.4, 0.5) is 0 Å². The lowest BCUT2D eigenvalue weighted by Gasteiger charge is -2.05. The van der Waals surface area contributed by atoms with Crippen LogP contribution in [-0.2, 0) is 13.0 Å². The van der Waals surface area contributed by atoms with E-state index in [0.29, 0.717) is 0 Å². The second kappa shape index (κ2) is 15.5. The summed E-state index contributed by atoms with van der Waals surface area (Å²) < 4.78 is 2.32. The minimum Gasteiger partial charge on any atom is -0.248 e. The van der Waals surface area contributed by atoms with Crippen molar-refractivity contribution in [1.82, 2.24) is 4.98 Å². The first-order valence-electron chi connectivity index (χ1n) is 11.3. The Morgan fingerprint density at radius 2 is 1.24 bits per heavy atom. The molecule has 2 nitrogen and oxygen atoms in total. The molecule has 146 valence electrons. The molecule has 0 aliphatic rings. The van der Waals surface area contributed by atoms with Crippen LogP contribution in [0, 0.1) is 5.92 Å². The van der Waals surface area contributed by atoms with Crippen molar-refractivity contribution in [3.05, 3.63) is 18.2 Å². The quantitative estimate of drug-likeness (QED) is 0.231. The molecule has 0 fully saturated rings. The predicted octanol–water partition coefficient (Wildman–Crippen LogP) is 6.98. The second-order valence-corrected chi connectivity index (χ2v) is 8.22. The fourth-order valence-corrected chi connectivity index (χ4v) is 3.70. The summed E-state index contributed by atoms with van der Waals surface area (Å²) in [4.78, 5) is 3.37. The molecule has 0 saturated heterocycles. The monoisotopic (exact) mass is 349 g/mol. The van der Waals surface area contributed by atoms with Crippen molar-refractivity contribution in [3.8, 4) is 0 Å². The zero-order chi connectivity index (χ0) is 18.2. The summed E-state index contributed by atoms with van der Waals surface area (Å²) >= 11 is 0. The third kappa shape index (κ3) is 12.2. The summed E-state index contributed by atoms with van der Waals surface area (Å²) in [5.74, 6) is 2.29. The lowest BCUT2D eigenvalue weighted by atomic mass is 10.0. The van der Waals surface area contributed by atoms with E-state index in [1.807, 2.05) is 0 Å². The van der Waals surface area contributed by atoms with Crippen molar-refractivity contribution in [3.63, 3.8) is 0 Å². The number of unbranched alkanes of at least 4 members (excludes halogenated alkanes) is 12. The van der Waals surface area contributed by atoms with Crippen molar-refractivity contribution in [1.29, 1.82) is 0 Å². The lowest BCUT2D eigenvalue weighted by Crippen LogP contribution is -2.34. The summed E-state index contributed by atoms with van der Waals surface area (Å²) in [5.41, 5.74) is 0. The standard InChI is InChI=1S/C23H44N2/c1-4-25-21-20-24-23(25)19-17-15-13-11-9-7-5-6-8-10-12-14-16-18-22(2)3/h20-22H,4-19H2,1-3H3/p+1. The maximum absolute atomic E-state index is 3.37. The van der Waals surface area contributed by atoms with E-state index in [1.54, 1.807) is 0 Å². The molecule has 1 heterocycles. The molecule has 1 aromatic heterocycles. The van der Waals surface area contributed by atoms with Gasteiger partial charge < -0.3 is 0 Å². The highest BCUT2D eigenvalue weighted by atomic mass is 15.0. The van der Waals surface area contributed by atoms with E-state index in [0.717, 1.165) is 12.5 Å². The topological polar surface area (TPSA) is 19.7 Å². The molecule has 0 saturated carbocycles. The third-order valence-electron chi connectivity index (χ3n) is 5.39. The zero-order valence-corrected chi connectivity index (χ0v) is 17.5. The Morgan fingerprint density at radius 1 is 0.760 bits per heavy atom. The van der Waals surface area contributed by atoms with Gasteiger partial charge in [-0.25, -0.2) is 9.55 Å². The summed E-state index contributed by atoms with van der Waals surface area (Å²) in [6, 6.07) is 0. The summed E-state index contributed by atoms with van der Waals surface area (Å²) in [7, 11) is 0. The Labute approximate surface area is 157 Å². The van der Waals surface area contributed by atoms with Crippen LogP contribution in [0.3, 0.4) is 0 Å². The highest BCUT2D eigenvalue weighted by Gasteiger charge is 2.07. The van der Waals surface area contributed by atoms with Crippen LogP contribution in [0.5, 0.6) is 0 Å². The molecule has 0 aromatic carbocycles. The van der Waals surface area contributed by atoms with Crippen LogP contribution >= 0.6 is 0 Å². The molecule has 1 aromatic rings. The van der Waals surface area contributed by atoms with Gasteiger partial charge in [-0.2, -0.15) is 0 Å². The molecule has 0 radical (unpaired) electrons. The predicted molar refractivity (Wildman–Crippen MR) is 110 cm³/mol. The molecule has 0 spiro atoms. The number of hydrogen-bond donors (Lipinski definition) is 1. The van der Waals surface area contributed by atoms with E-state index < -0.39 is 0 Å². The lowest BCUT2D eigenvalue weighted by molar-refractivity contribution is -0.699. The fourth-order valence-electron chi connectivity index (χ4n) is 3.70. The Bertz CT molecular complexity index is 395.